The summed E-state index contributed by atoms with van der Waals surface area (Å²) in [6.07, 6.45) is 0. The molecule has 2 rings (SSSR count). The van der Waals surface area contributed by atoms with Crippen LogP contribution in [-0.2, 0) is 0 Å². The summed E-state index contributed by atoms with van der Waals surface area (Å²) < 4.78 is 5.68. The van der Waals surface area contributed by atoms with Gasteiger partial charge in [-0.25, -0.2) is 0 Å². The molecular weight excluding hydrogens is 236 g/mol. The summed E-state index contributed by atoms with van der Waals surface area (Å²) in [5, 5.41) is 0. The summed E-state index contributed by atoms with van der Waals surface area (Å²) in [5.41, 5.74) is 8.86. The maximum atomic E-state index is 5.68. The average Bonchev–Trinajstić information content (AvgIpc) is 2.41. The molecule has 0 bridgehead atoms. The molecule has 0 aliphatic carbocycles. The molecule has 0 aliphatic rings. The maximum Gasteiger partial charge on any atom is 0.119 e. The normalized spacial score (nSPS) is 10.2. The third-order valence-corrected chi connectivity index (χ3v) is 3.05. The summed E-state index contributed by atoms with van der Waals surface area (Å²) in [5.74, 6) is 0.853. The minimum atomic E-state index is 0.647. The van der Waals surface area contributed by atoms with Crippen molar-refractivity contribution in [2.45, 2.75) is 6.92 Å². The maximum absolute atomic E-state index is 5.68. The fraction of sp³-hybridized carbons (Fsp3) is 0.250. The molecule has 3 heteroatoms. The van der Waals surface area contributed by atoms with E-state index in [1.165, 1.54) is 11.3 Å². The molecule has 0 heterocycles. The summed E-state index contributed by atoms with van der Waals surface area (Å²) in [7, 11) is 2.07. The first-order valence-electron chi connectivity index (χ1n) is 6.41. The lowest BCUT2D eigenvalue weighted by Crippen LogP contribution is -2.23. The van der Waals surface area contributed by atoms with Gasteiger partial charge in [0.1, 0.15) is 12.4 Å². The second kappa shape index (κ2) is 6.14. The van der Waals surface area contributed by atoms with Crippen LogP contribution in [0.25, 0.3) is 0 Å². The van der Waals surface area contributed by atoms with Gasteiger partial charge in [0.25, 0.3) is 0 Å². The molecule has 0 saturated heterocycles. The van der Waals surface area contributed by atoms with Gasteiger partial charge in [-0.2, -0.15) is 0 Å². The molecule has 2 aromatic rings. The van der Waals surface area contributed by atoms with Gasteiger partial charge in [0.15, 0.2) is 0 Å². The van der Waals surface area contributed by atoms with E-state index >= 15 is 0 Å². The van der Waals surface area contributed by atoms with E-state index in [0.717, 1.165) is 18.0 Å². The van der Waals surface area contributed by atoms with Gasteiger partial charge in [-0.1, -0.05) is 17.7 Å². The fourth-order valence-electron chi connectivity index (χ4n) is 1.79. The lowest BCUT2D eigenvalue weighted by atomic mass is 10.2. The Morgan fingerprint density at radius 3 is 2.26 bits per heavy atom. The van der Waals surface area contributed by atoms with Crippen molar-refractivity contribution >= 4 is 11.4 Å². The van der Waals surface area contributed by atoms with Crippen LogP contribution >= 0.6 is 0 Å². The van der Waals surface area contributed by atoms with Gasteiger partial charge in [-0.3, -0.25) is 0 Å². The van der Waals surface area contributed by atoms with Crippen molar-refractivity contribution in [2.75, 3.05) is 30.8 Å². The van der Waals surface area contributed by atoms with Crippen molar-refractivity contribution in [3.8, 4) is 5.75 Å². The van der Waals surface area contributed by atoms with Crippen LogP contribution in [0.2, 0.25) is 0 Å². The predicted molar refractivity (Wildman–Crippen MR) is 80.8 cm³/mol. The molecule has 3 nitrogen and oxygen atoms in total. The average molecular weight is 256 g/mol. The molecule has 0 aliphatic heterocycles. The smallest absolute Gasteiger partial charge is 0.119 e. The van der Waals surface area contributed by atoms with Gasteiger partial charge < -0.3 is 15.4 Å². The Labute approximate surface area is 114 Å². The molecule has 0 unspecified atom stereocenters. The Bertz CT molecular complexity index is 505. The van der Waals surface area contributed by atoms with Crippen LogP contribution in [0.4, 0.5) is 11.4 Å². The largest absolute Gasteiger partial charge is 0.492 e. The van der Waals surface area contributed by atoms with Gasteiger partial charge >= 0.3 is 0 Å². The number of ether oxygens (including phenoxy) is 1. The number of benzene rings is 2. The third-order valence-electron chi connectivity index (χ3n) is 3.05. The Morgan fingerprint density at radius 1 is 1.00 bits per heavy atom. The molecule has 0 radical (unpaired) electrons. The van der Waals surface area contributed by atoms with E-state index in [-0.39, 0.29) is 0 Å². The van der Waals surface area contributed by atoms with Crippen LogP contribution in [-0.4, -0.2) is 20.2 Å². The predicted octanol–water partition coefficient (Wildman–Crippen LogP) is 3.09. The Morgan fingerprint density at radius 2 is 1.63 bits per heavy atom. The van der Waals surface area contributed by atoms with Crippen molar-refractivity contribution in [1.82, 2.24) is 0 Å². The summed E-state index contributed by atoms with van der Waals surface area (Å²) >= 11 is 0. The number of hydrogen-bond donors (Lipinski definition) is 1. The molecular formula is C16H20N2O. The number of rotatable bonds is 5. The van der Waals surface area contributed by atoms with E-state index in [4.69, 9.17) is 10.5 Å². The van der Waals surface area contributed by atoms with Gasteiger partial charge in [0, 0.05) is 18.4 Å². The fourth-order valence-corrected chi connectivity index (χ4v) is 1.79. The second-order valence-corrected chi connectivity index (χ2v) is 4.67. The highest BCUT2D eigenvalue weighted by atomic mass is 16.5. The van der Waals surface area contributed by atoms with E-state index < -0.39 is 0 Å². The zero-order valence-electron chi connectivity index (χ0n) is 11.5. The summed E-state index contributed by atoms with van der Waals surface area (Å²) in [6, 6.07) is 16.0. The Kier molecular flexibility index (Phi) is 4.29. The van der Waals surface area contributed by atoms with Gasteiger partial charge in [0.2, 0.25) is 0 Å². The first-order valence-corrected chi connectivity index (χ1v) is 6.41. The van der Waals surface area contributed by atoms with Crippen molar-refractivity contribution in [3.05, 3.63) is 54.1 Å². The Hall–Kier alpha value is -2.16. The Balaban J connectivity index is 1.82. The molecule has 2 aromatic carbocycles. The van der Waals surface area contributed by atoms with Gasteiger partial charge in [-0.05, 0) is 43.3 Å². The number of likely N-dealkylation sites (N-methyl/N-ethyl adjacent to an activating group) is 1. The number of nitrogens with two attached hydrogens (primary N) is 1. The van der Waals surface area contributed by atoms with E-state index in [9.17, 15) is 0 Å². The number of nitrogen functional groups attached to an aromatic ring is 1. The van der Waals surface area contributed by atoms with Crippen LogP contribution in [0.1, 0.15) is 5.56 Å². The zero-order chi connectivity index (χ0) is 13.7. The molecule has 2 N–H and O–H groups in total. The molecule has 0 fully saturated rings. The van der Waals surface area contributed by atoms with Crippen LogP contribution in [0.3, 0.4) is 0 Å². The third kappa shape index (κ3) is 3.91. The summed E-state index contributed by atoms with van der Waals surface area (Å²) in [6.45, 7) is 3.58. The molecule has 0 aromatic heterocycles. The number of nitrogens with zero attached hydrogens (tertiary/aromatic N) is 1. The van der Waals surface area contributed by atoms with Crippen LogP contribution in [0.15, 0.2) is 48.5 Å². The van der Waals surface area contributed by atoms with Crippen LogP contribution < -0.4 is 15.4 Å². The van der Waals surface area contributed by atoms with E-state index in [1.54, 1.807) is 0 Å². The lowest BCUT2D eigenvalue weighted by Gasteiger charge is -2.19. The molecule has 19 heavy (non-hydrogen) atoms. The SMILES string of the molecule is Cc1ccc(N(C)CCOc2ccc(N)cc2)cc1. The van der Waals surface area contributed by atoms with Crippen LogP contribution in [0.5, 0.6) is 5.75 Å². The molecule has 0 atom stereocenters. The first-order chi connectivity index (χ1) is 9.15. The van der Waals surface area contributed by atoms with Gasteiger partial charge in [0.05, 0.1) is 6.54 Å². The highest BCUT2D eigenvalue weighted by Crippen LogP contribution is 2.15. The van der Waals surface area contributed by atoms with Gasteiger partial charge in [-0.15, -0.1) is 0 Å². The van der Waals surface area contributed by atoms with E-state index in [0.29, 0.717) is 6.61 Å². The zero-order valence-corrected chi connectivity index (χ0v) is 11.5. The highest BCUT2D eigenvalue weighted by molar-refractivity contribution is 5.46. The standard InChI is InChI=1S/C16H20N2O/c1-13-3-7-15(8-4-13)18(2)11-12-19-16-9-5-14(17)6-10-16/h3-10H,11-12,17H2,1-2H3. The molecule has 100 valence electrons. The minimum Gasteiger partial charge on any atom is -0.492 e. The minimum absolute atomic E-state index is 0.647. The van der Waals surface area contributed by atoms with Crippen molar-refractivity contribution < 1.29 is 4.74 Å². The van der Waals surface area contributed by atoms with Crippen molar-refractivity contribution in [3.63, 3.8) is 0 Å². The van der Waals surface area contributed by atoms with Crippen molar-refractivity contribution in [1.29, 1.82) is 0 Å². The second-order valence-electron chi connectivity index (χ2n) is 4.67. The topological polar surface area (TPSA) is 38.5 Å². The van der Waals surface area contributed by atoms with Crippen LogP contribution in [0, 0.1) is 6.92 Å². The first kappa shape index (κ1) is 13.3. The quantitative estimate of drug-likeness (QED) is 0.835. The molecule has 0 spiro atoms. The molecule has 0 saturated carbocycles. The highest BCUT2D eigenvalue weighted by Gasteiger charge is 2.00. The lowest BCUT2D eigenvalue weighted by molar-refractivity contribution is 0.326. The summed E-state index contributed by atoms with van der Waals surface area (Å²) in [4.78, 5) is 2.18. The number of hydrogen-bond acceptors (Lipinski definition) is 3. The number of aryl methyl sites for hydroxylation is 1. The van der Waals surface area contributed by atoms with E-state index in [2.05, 4.69) is 43.1 Å². The monoisotopic (exact) mass is 256 g/mol. The van der Waals surface area contributed by atoms with Crippen molar-refractivity contribution in [2.24, 2.45) is 0 Å². The number of anilines is 2. The van der Waals surface area contributed by atoms with E-state index in [1.807, 2.05) is 24.3 Å². The molecule has 0 amide bonds.